The third kappa shape index (κ3) is 4.87. The number of likely N-dealkylation sites (tertiary alicyclic amines) is 1. The molecule has 1 saturated heterocycles. The van der Waals surface area contributed by atoms with E-state index in [0.29, 0.717) is 49.8 Å². The van der Waals surface area contributed by atoms with Gasteiger partial charge >= 0.3 is 0 Å². The normalized spacial score (nSPS) is 20.8. The average molecular weight is 360 g/mol. The van der Waals surface area contributed by atoms with E-state index in [0.717, 1.165) is 6.54 Å². The molecule has 0 unspecified atom stereocenters. The minimum atomic E-state index is -0.646. The number of ether oxygens (including phenoxy) is 1. The predicted molar refractivity (Wildman–Crippen MR) is 93.5 cm³/mol. The van der Waals surface area contributed by atoms with Crippen molar-refractivity contribution in [1.82, 2.24) is 20.4 Å². The zero-order valence-corrected chi connectivity index (χ0v) is 14.8. The molecular formula is C18H24N4O4. The van der Waals surface area contributed by atoms with Crippen molar-refractivity contribution in [3.8, 4) is 0 Å². The monoisotopic (exact) mass is 360 g/mol. The van der Waals surface area contributed by atoms with E-state index in [1.807, 2.05) is 23.1 Å². The van der Waals surface area contributed by atoms with Gasteiger partial charge in [-0.05, 0) is 18.6 Å². The van der Waals surface area contributed by atoms with Gasteiger partial charge in [-0.2, -0.15) is 4.98 Å². The number of benzene rings is 1. The first-order valence-electron chi connectivity index (χ1n) is 8.72. The highest BCUT2D eigenvalue weighted by atomic mass is 16.5. The number of amides is 1. The summed E-state index contributed by atoms with van der Waals surface area (Å²) in [6.45, 7) is 2.20. The van der Waals surface area contributed by atoms with E-state index in [1.165, 1.54) is 0 Å². The second kappa shape index (κ2) is 8.88. The van der Waals surface area contributed by atoms with Crippen LogP contribution in [-0.4, -0.2) is 65.0 Å². The van der Waals surface area contributed by atoms with E-state index in [4.69, 9.17) is 9.26 Å². The van der Waals surface area contributed by atoms with Gasteiger partial charge in [0, 0.05) is 32.2 Å². The molecule has 2 atom stereocenters. The van der Waals surface area contributed by atoms with Crippen LogP contribution in [0, 0.1) is 0 Å². The van der Waals surface area contributed by atoms with Crippen LogP contribution in [0.25, 0.3) is 0 Å². The maximum absolute atomic E-state index is 12.2. The topological polar surface area (TPSA) is 101 Å². The van der Waals surface area contributed by atoms with Gasteiger partial charge in [0.2, 0.25) is 5.89 Å². The van der Waals surface area contributed by atoms with E-state index >= 15 is 0 Å². The van der Waals surface area contributed by atoms with E-state index in [1.54, 1.807) is 19.2 Å². The summed E-state index contributed by atoms with van der Waals surface area (Å²) in [6, 6.07) is 8.75. The number of β-amino-alcohol motifs (C(OH)–C–C–N with tert-alkyl or cyclic N) is 1. The number of rotatable bonds is 7. The van der Waals surface area contributed by atoms with Gasteiger partial charge < -0.3 is 19.7 Å². The highest BCUT2D eigenvalue weighted by molar-refractivity contribution is 5.94. The Kier molecular flexibility index (Phi) is 6.32. The zero-order chi connectivity index (χ0) is 18.4. The van der Waals surface area contributed by atoms with Crippen molar-refractivity contribution in [3.05, 3.63) is 47.6 Å². The molecule has 0 bridgehead atoms. The Labute approximate surface area is 152 Å². The molecule has 26 heavy (non-hydrogen) atoms. The van der Waals surface area contributed by atoms with Gasteiger partial charge in [0.25, 0.3) is 5.91 Å². The Balaban J connectivity index is 1.49. The van der Waals surface area contributed by atoms with E-state index in [2.05, 4.69) is 15.5 Å². The lowest BCUT2D eigenvalue weighted by Gasteiger charge is -2.35. The van der Waals surface area contributed by atoms with Crippen molar-refractivity contribution >= 4 is 5.91 Å². The highest BCUT2D eigenvalue weighted by Crippen LogP contribution is 2.15. The Bertz CT molecular complexity index is 706. The Morgan fingerprint density at radius 3 is 2.96 bits per heavy atom. The Hall–Kier alpha value is -2.29. The molecule has 0 saturated carbocycles. The van der Waals surface area contributed by atoms with Crippen molar-refractivity contribution in [2.24, 2.45) is 0 Å². The first kappa shape index (κ1) is 18.5. The van der Waals surface area contributed by atoms with Crippen LogP contribution in [0.2, 0.25) is 0 Å². The summed E-state index contributed by atoms with van der Waals surface area (Å²) in [5.41, 5.74) is 0.594. The average Bonchev–Trinajstić information content (AvgIpc) is 3.10. The van der Waals surface area contributed by atoms with Gasteiger partial charge in [0.1, 0.15) is 0 Å². The van der Waals surface area contributed by atoms with Crippen LogP contribution in [0.3, 0.4) is 0 Å². The largest absolute Gasteiger partial charge is 0.390 e. The third-order valence-corrected chi connectivity index (χ3v) is 4.42. The number of aliphatic hydroxyl groups is 1. The molecule has 0 spiro atoms. The fourth-order valence-electron chi connectivity index (χ4n) is 2.99. The molecule has 140 valence electrons. The molecule has 0 radical (unpaired) electrons. The number of nitrogens with zero attached hydrogens (tertiary/aromatic N) is 3. The van der Waals surface area contributed by atoms with Crippen LogP contribution in [0.5, 0.6) is 0 Å². The molecule has 0 aliphatic carbocycles. The van der Waals surface area contributed by atoms with Gasteiger partial charge in [-0.1, -0.05) is 23.4 Å². The number of piperidine rings is 1. The quantitative estimate of drug-likeness (QED) is 0.747. The van der Waals surface area contributed by atoms with Crippen LogP contribution in [0.15, 0.2) is 34.9 Å². The standard InChI is InChI=1S/C18H24N4O4/c1-25-10-8-16-20-17(26-21-16)12-22-9-7-14(15(23)11-22)19-18(24)13-5-3-2-4-6-13/h2-6,14-15,23H,7-12H2,1H3,(H,19,24)/t14-,15-/m1/s1. The highest BCUT2D eigenvalue weighted by Gasteiger charge is 2.29. The SMILES string of the molecule is COCCc1noc(CN2CC[C@@H](NC(=O)c3ccccc3)[C@H](O)C2)n1. The van der Waals surface area contributed by atoms with Gasteiger partial charge in [-0.25, -0.2) is 0 Å². The number of carbonyl (C=O) groups is 1. The third-order valence-electron chi connectivity index (χ3n) is 4.42. The molecular weight excluding hydrogens is 336 g/mol. The molecule has 1 aliphatic heterocycles. The minimum absolute atomic E-state index is 0.164. The summed E-state index contributed by atoms with van der Waals surface area (Å²) in [5.74, 6) is 0.977. The summed E-state index contributed by atoms with van der Waals surface area (Å²) in [6.07, 6.45) is 0.618. The Morgan fingerprint density at radius 2 is 2.23 bits per heavy atom. The van der Waals surface area contributed by atoms with Crippen molar-refractivity contribution in [1.29, 1.82) is 0 Å². The fourth-order valence-corrected chi connectivity index (χ4v) is 2.99. The molecule has 2 aromatic rings. The lowest BCUT2D eigenvalue weighted by Crippen LogP contribution is -2.53. The summed E-state index contributed by atoms with van der Waals surface area (Å²) in [5, 5.41) is 17.2. The van der Waals surface area contributed by atoms with Crippen LogP contribution in [-0.2, 0) is 17.7 Å². The smallest absolute Gasteiger partial charge is 0.251 e. The molecule has 1 fully saturated rings. The number of hydrogen-bond donors (Lipinski definition) is 2. The van der Waals surface area contributed by atoms with Crippen molar-refractivity contribution in [2.75, 3.05) is 26.8 Å². The summed E-state index contributed by atoms with van der Waals surface area (Å²) >= 11 is 0. The summed E-state index contributed by atoms with van der Waals surface area (Å²) < 4.78 is 10.2. The second-order valence-electron chi connectivity index (χ2n) is 6.38. The fraction of sp³-hybridized carbons (Fsp3) is 0.500. The van der Waals surface area contributed by atoms with Crippen molar-refractivity contribution in [2.45, 2.75) is 31.5 Å². The lowest BCUT2D eigenvalue weighted by molar-refractivity contribution is 0.0313. The first-order chi connectivity index (χ1) is 12.7. The van der Waals surface area contributed by atoms with Gasteiger partial charge in [-0.15, -0.1) is 0 Å². The second-order valence-corrected chi connectivity index (χ2v) is 6.38. The van der Waals surface area contributed by atoms with Crippen LogP contribution >= 0.6 is 0 Å². The number of methoxy groups -OCH3 is 1. The lowest BCUT2D eigenvalue weighted by atomic mass is 10.0. The molecule has 2 heterocycles. The van der Waals surface area contributed by atoms with E-state index in [9.17, 15) is 9.90 Å². The molecule has 8 heteroatoms. The Morgan fingerprint density at radius 1 is 1.42 bits per heavy atom. The van der Waals surface area contributed by atoms with Gasteiger partial charge in [0.15, 0.2) is 5.82 Å². The van der Waals surface area contributed by atoms with Crippen molar-refractivity contribution < 1.29 is 19.2 Å². The molecule has 8 nitrogen and oxygen atoms in total. The minimum Gasteiger partial charge on any atom is -0.390 e. The maximum Gasteiger partial charge on any atom is 0.251 e. The summed E-state index contributed by atoms with van der Waals surface area (Å²) in [4.78, 5) is 18.6. The number of hydrogen-bond acceptors (Lipinski definition) is 7. The van der Waals surface area contributed by atoms with E-state index < -0.39 is 6.10 Å². The molecule has 1 aromatic heterocycles. The van der Waals surface area contributed by atoms with Gasteiger partial charge in [-0.3, -0.25) is 9.69 Å². The molecule has 1 amide bonds. The summed E-state index contributed by atoms with van der Waals surface area (Å²) in [7, 11) is 1.63. The number of aromatic nitrogens is 2. The van der Waals surface area contributed by atoms with Crippen LogP contribution < -0.4 is 5.32 Å². The number of nitrogens with one attached hydrogen (secondary N) is 1. The predicted octanol–water partition coefficient (Wildman–Crippen LogP) is 0.624. The molecule has 2 N–H and O–H groups in total. The van der Waals surface area contributed by atoms with Gasteiger partial charge in [0.05, 0.1) is 25.3 Å². The zero-order valence-electron chi connectivity index (χ0n) is 14.8. The number of carbonyl (C=O) groups excluding carboxylic acids is 1. The number of aliphatic hydroxyl groups excluding tert-OH is 1. The van der Waals surface area contributed by atoms with Crippen molar-refractivity contribution in [3.63, 3.8) is 0 Å². The maximum atomic E-state index is 12.2. The molecule has 3 rings (SSSR count). The molecule has 1 aromatic carbocycles. The van der Waals surface area contributed by atoms with Crippen LogP contribution in [0.1, 0.15) is 28.5 Å². The van der Waals surface area contributed by atoms with E-state index in [-0.39, 0.29) is 11.9 Å². The molecule has 1 aliphatic rings. The van der Waals surface area contributed by atoms with Crippen LogP contribution in [0.4, 0.5) is 0 Å². The first-order valence-corrected chi connectivity index (χ1v) is 8.72.